The number of nitrogens with zero attached hydrogens (tertiary/aromatic N) is 2. The van der Waals surface area contributed by atoms with Crippen molar-refractivity contribution in [3.05, 3.63) is 40.4 Å². The van der Waals surface area contributed by atoms with Crippen LogP contribution in [0.15, 0.2) is 34.8 Å². The third-order valence-corrected chi connectivity index (χ3v) is 5.67. The molecule has 2 bridgehead atoms. The minimum Gasteiger partial charge on any atom is -0.548 e. The van der Waals surface area contributed by atoms with Crippen LogP contribution < -0.4 is 10.0 Å². The molecule has 0 heterocycles. The molecule has 0 radical (unpaired) electrons. The lowest BCUT2D eigenvalue weighted by Gasteiger charge is -2.37. The molecule has 0 saturated heterocycles. The lowest BCUT2D eigenvalue weighted by molar-refractivity contribution is -0.318. The second-order valence-corrected chi connectivity index (χ2v) is 7.09. The summed E-state index contributed by atoms with van der Waals surface area (Å²) in [7, 11) is 3.89. The van der Waals surface area contributed by atoms with Crippen molar-refractivity contribution < 1.29 is 9.90 Å². The number of fused-ring (bicyclic) bond motifs is 2. The molecule has 114 valence electrons. The van der Waals surface area contributed by atoms with Crippen LogP contribution in [0, 0.1) is 28.6 Å². The third kappa shape index (κ3) is 1.90. The van der Waals surface area contributed by atoms with E-state index in [-0.39, 0.29) is 17.8 Å². The average Bonchev–Trinajstić information content (AvgIpc) is 3.06. The summed E-state index contributed by atoms with van der Waals surface area (Å²) in [6, 6.07) is 7.91. The number of hydrogen-bond donors (Lipinski definition) is 0. The molecule has 3 rings (SSSR count). The molecule has 4 atom stereocenters. The number of halogens is 1. The summed E-state index contributed by atoms with van der Waals surface area (Å²) in [6.45, 7) is 0. The van der Waals surface area contributed by atoms with Crippen LogP contribution in [-0.2, 0) is 4.79 Å². The number of carboxylic acids is 1. The number of benzene rings is 1. The zero-order valence-electron chi connectivity index (χ0n) is 12.4. The van der Waals surface area contributed by atoms with Crippen LogP contribution in [0.3, 0.4) is 0 Å². The Balaban J connectivity index is 2.13. The SMILES string of the molecule is CN(C)c1ccc([C@@H]2[C@H]3C=C[C@H](C3)[C@]2(C#N)C(=O)[O-])c(Br)c1. The molecule has 4 nitrogen and oxygen atoms in total. The van der Waals surface area contributed by atoms with Crippen LogP contribution in [0.5, 0.6) is 0 Å². The zero-order chi connectivity index (χ0) is 16.1. The monoisotopic (exact) mass is 359 g/mol. The van der Waals surface area contributed by atoms with Crippen LogP contribution in [0.2, 0.25) is 0 Å². The van der Waals surface area contributed by atoms with E-state index >= 15 is 0 Å². The van der Waals surface area contributed by atoms with Gasteiger partial charge >= 0.3 is 0 Å². The molecule has 0 spiro atoms. The molecule has 1 aromatic carbocycles. The van der Waals surface area contributed by atoms with E-state index < -0.39 is 11.4 Å². The normalized spacial score (nSPS) is 32.0. The first-order chi connectivity index (χ1) is 10.4. The van der Waals surface area contributed by atoms with Gasteiger partial charge < -0.3 is 14.8 Å². The fourth-order valence-corrected chi connectivity index (χ4v) is 4.49. The molecule has 2 aliphatic rings. The molecular weight excluding hydrogens is 344 g/mol. The first kappa shape index (κ1) is 15.1. The number of carbonyl (C=O) groups is 1. The summed E-state index contributed by atoms with van der Waals surface area (Å²) < 4.78 is 0.838. The second-order valence-electron chi connectivity index (χ2n) is 6.24. The Bertz CT molecular complexity index is 707. The van der Waals surface area contributed by atoms with Gasteiger partial charge in [-0.2, -0.15) is 5.26 Å². The third-order valence-electron chi connectivity index (χ3n) is 4.98. The van der Waals surface area contributed by atoms with Crippen LogP contribution in [0.4, 0.5) is 5.69 Å². The first-order valence-electron chi connectivity index (χ1n) is 7.19. The number of rotatable bonds is 3. The zero-order valence-corrected chi connectivity index (χ0v) is 14.0. The van der Waals surface area contributed by atoms with Gasteiger partial charge in [-0.3, -0.25) is 0 Å². The number of carbonyl (C=O) groups excluding carboxylic acids is 1. The lowest BCUT2D eigenvalue weighted by Crippen LogP contribution is -2.48. The van der Waals surface area contributed by atoms with Gasteiger partial charge in [0, 0.05) is 36.1 Å². The Kier molecular flexibility index (Phi) is 3.53. The molecule has 22 heavy (non-hydrogen) atoms. The van der Waals surface area contributed by atoms with Crippen LogP contribution in [0.25, 0.3) is 0 Å². The predicted molar refractivity (Wildman–Crippen MR) is 85.0 cm³/mol. The summed E-state index contributed by atoms with van der Waals surface area (Å²) in [6.07, 6.45) is 4.61. The van der Waals surface area contributed by atoms with Gasteiger partial charge in [0.25, 0.3) is 0 Å². The number of hydrogen-bond acceptors (Lipinski definition) is 4. The molecule has 0 N–H and O–H groups in total. The molecular formula is C17H16BrN2O2-. The number of allylic oxidation sites excluding steroid dienone is 2. The maximum atomic E-state index is 11.8. The van der Waals surface area contributed by atoms with Gasteiger partial charge in [0.1, 0.15) is 5.41 Å². The summed E-state index contributed by atoms with van der Waals surface area (Å²) >= 11 is 3.55. The molecule has 1 aromatic rings. The number of aliphatic carboxylic acids is 1. The summed E-state index contributed by atoms with van der Waals surface area (Å²) in [5.74, 6) is -1.83. The fraction of sp³-hybridized carbons (Fsp3) is 0.412. The molecule has 0 unspecified atom stereocenters. The largest absolute Gasteiger partial charge is 0.548 e. The quantitative estimate of drug-likeness (QED) is 0.774. The topological polar surface area (TPSA) is 67.2 Å². The Hall–Kier alpha value is -1.80. The van der Waals surface area contributed by atoms with Gasteiger partial charge in [0.15, 0.2) is 0 Å². The number of carboxylic acid groups (broad SMARTS) is 1. The van der Waals surface area contributed by atoms with Crippen molar-refractivity contribution in [3.63, 3.8) is 0 Å². The minimum absolute atomic E-state index is 0.0732. The fourth-order valence-electron chi connectivity index (χ4n) is 3.88. The van der Waals surface area contributed by atoms with E-state index in [4.69, 9.17) is 0 Å². The Morgan fingerprint density at radius 3 is 2.73 bits per heavy atom. The highest BCUT2D eigenvalue weighted by Crippen LogP contribution is 2.61. The van der Waals surface area contributed by atoms with Crippen molar-refractivity contribution in [1.82, 2.24) is 0 Å². The van der Waals surface area contributed by atoms with E-state index in [1.807, 2.05) is 49.3 Å². The lowest BCUT2D eigenvalue weighted by atomic mass is 9.67. The highest BCUT2D eigenvalue weighted by atomic mass is 79.9. The molecule has 2 aliphatic carbocycles. The van der Waals surface area contributed by atoms with Crippen LogP contribution in [-0.4, -0.2) is 20.1 Å². The van der Waals surface area contributed by atoms with Gasteiger partial charge in [-0.05, 0) is 30.0 Å². The van der Waals surface area contributed by atoms with E-state index in [0.717, 1.165) is 15.7 Å². The number of anilines is 1. The van der Waals surface area contributed by atoms with E-state index in [1.165, 1.54) is 0 Å². The molecule has 1 fully saturated rings. The smallest absolute Gasteiger partial charge is 0.110 e. The molecule has 1 saturated carbocycles. The average molecular weight is 360 g/mol. The van der Waals surface area contributed by atoms with Crippen molar-refractivity contribution >= 4 is 27.6 Å². The van der Waals surface area contributed by atoms with Crippen LogP contribution in [0.1, 0.15) is 17.9 Å². The van der Waals surface area contributed by atoms with E-state index in [1.54, 1.807) is 0 Å². The van der Waals surface area contributed by atoms with E-state index in [9.17, 15) is 15.2 Å². The predicted octanol–water partition coefficient (Wildman–Crippen LogP) is 2.06. The van der Waals surface area contributed by atoms with Gasteiger partial charge in [-0.25, -0.2) is 0 Å². The van der Waals surface area contributed by atoms with Crippen molar-refractivity contribution in [1.29, 1.82) is 5.26 Å². The summed E-state index contributed by atoms with van der Waals surface area (Å²) in [5.41, 5.74) is 0.417. The molecule has 0 amide bonds. The number of nitriles is 1. The Morgan fingerprint density at radius 2 is 2.18 bits per heavy atom. The maximum Gasteiger partial charge on any atom is 0.110 e. The summed E-state index contributed by atoms with van der Waals surface area (Å²) in [4.78, 5) is 13.8. The standard InChI is InChI=1S/C17H17BrN2O2/c1-20(2)12-5-6-13(14(18)8-12)15-10-3-4-11(7-10)17(15,9-19)16(21)22/h3-6,8,10-11,15H,7H2,1-2H3,(H,21,22)/p-1/t10-,11+,15-,17-/m0/s1. The minimum atomic E-state index is -1.47. The van der Waals surface area contributed by atoms with Gasteiger partial charge in [-0.1, -0.05) is 34.1 Å². The molecule has 0 aliphatic heterocycles. The summed E-state index contributed by atoms with van der Waals surface area (Å²) in [5, 5.41) is 21.5. The van der Waals surface area contributed by atoms with Crippen molar-refractivity contribution in [3.8, 4) is 6.07 Å². The second kappa shape index (κ2) is 5.13. The Morgan fingerprint density at radius 1 is 1.45 bits per heavy atom. The van der Waals surface area contributed by atoms with Gasteiger partial charge in [-0.15, -0.1) is 0 Å². The highest BCUT2D eigenvalue weighted by Gasteiger charge is 2.58. The Labute approximate surface area is 138 Å². The van der Waals surface area contributed by atoms with E-state index in [2.05, 4.69) is 22.0 Å². The van der Waals surface area contributed by atoms with E-state index in [0.29, 0.717) is 6.42 Å². The highest BCUT2D eigenvalue weighted by molar-refractivity contribution is 9.10. The van der Waals surface area contributed by atoms with Crippen LogP contribution >= 0.6 is 15.9 Å². The van der Waals surface area contributed by atoms with Crippen molar-refractivity contribution in [2.75, 3.05) is 19.0 Å². The van der Waals surface area contributed by atoms with Gasteiger partial charge in [0.2, 0.25) is 0 Å². The maximum absolute atomic E-state index is 11.8. The van der Waals surface area contributed by atoms with Crippen molar-refractivity contribution in [2.45, 2.75) is 12.3 Å². The first-order valence-corrected chi connectivity index (χ1v) is 7.99. The van der Waals surface area contributed by atoms with Gasteiger partial charge in [0.05, 0.1) is 12.0 Å². The molecule has 5 heteroatoms. The van der Waals surface area contributed by atoms with Crippen molar-refractivity contribution in [2.24, 2.45) is 17.3 Å². The molecule has 0 aromatic heterocycles.